The number of benzene rings is 6. The Labute approximate surface area is 581 Å². The van der Waals surface area contributed by atoms with Crippen molar-refractivity contribution in [3.8, 4) is 52.7 Å². The lowest BCUT2D eigenvalue weighted by Crippen LogP contribution is -2.26. The Morgan fingerprint density at radius 3 is 0.818 bits per heavy atom. The molecule has 0 fully saturated rings. The van der Waals surface area contributed by atoms with Crippen LogP contribution in [0.15, 0.2) is 165 Å². The van der Waals surface area contributed by atoms with E-state index in [2.05, 4.69) is 19.7 Å². The van der Waals surface area contributed by atoms with Gasteiger partial charge >= 0.3 is 35.8 Å². The number of ether oxygens (including phenoxy) is 9. The molecule has 518 valence electrons. The lowest BCUT2D eigenvalue weighted by molar-refractivity contribution is -0.191. The molecule has 18 heteroatoms. The smallest absolute Gasteiger partial charge is 0.343 e. The predicted molar refractivity (Wildman–Crippen MR) is 376 cm³/mol. The third-order valence-electron chi connectivity index (χ3n) is 16.0. The molecule has 0 radical (unpaired) electrons. The van der Waals surface area contributed by atoms with Gasteiger partial charge in [0.1, 0.15) is 34.5 Å². The van der Waals surface area contributed by atoms with Crippen LogP contribution in [0.2, 0.25) is 0 Å². The minimum Gasteiger partial charge on any atom is -0.494 e. The second kappa shape index (κ2) is 44.9. The van der Waals surface area contributed by atoms with Crippen molar-refractivity contribution in [2.45, 2.75) is 167 Å². The van der Waals surface area contributed by atoms with Crippen molar-refractivity contribution in [2.75, 3.05) is 26.4 Å². The van der Waals surface area contributed by atoms with Gasteiger partial charge in [-0.2, -0.15) is 15.8 Å². The maximum absolute atomic E-state index is 13.1. The van der Waals surface area contributed by atoms with Crippen LogP contribution in [-0.2, 0) is 43.0 Å². The molecular weight excluding hydrogens is 1250 g/mol. The highest BCUT2D eigenvalue weighted by Crippen LogP contribution is 2.26. The number of hydrogen-bond donors (Lipinski definition) is 0. The first-order chi connectivity index (χ1) is 48.2. The van der Waals surface area contributed by atoms with Crippen molar-refractivity contribution in [3.05, 3.63) is 199 Å². The molecule has 0 aliphatic rings. The fourth-order valence-electron chi connectivity index (χ4n) is 10.1. The summed E-state index contributed by atoms with van der Waals surface area (Å²) in [6, 6.07) is 46.1. The van der Waals surface area contributed by atoms with Gasteiger partial charge in [0.05, 0.1) is 84.5 Å². The highest BCUT2D eigenvalue weighted by Gasteiger charge is 2.21. The average Bonchev–Trinajstić information content (AvgIpc) is 0.925. The first-order valence-corrected chi connectivity index (χ1v) is 34.2. The summed E-state index contributed by atoms with van der Waals surface area (Å²) in [7, 11) is 0. The fourth-order valence-corrected chi connectivity index (χ4v) is 10.1. The number of rotatable bonds is 47. The SMILES string of the molecule is C=C(C(=O)Oc1ccc(C#N)cc1)c1ccc(OCCCCCCCCCC(=O)OCCC(OC(=O)CCCCCCCCCOc2ccc(C(=C)C(=O)Oc3ccc(C#N)cc3)cc2)OC(=O)CCCCCCCCCOc2ccc(C(=C)C(=O)Oc3ccc(C#N)cc3)cc2)cc1. The van der Waals surface area contributed by atoms with Crippen LogP contribution in [0.1, 0.15) is 194 Å². The molecule has 0 heterocycles. The Morgan fingerprint density at radius 1 is 0.303 bits per heavy atom. The van der Waals surface area contributed by atoms with Crippen molar-refractivity contribution >= 4 is 52.5 Å². The summed E-state index contributed by atoms with van der Waals surface area (Å²) in [5, 5.41) is 27.0. The second-order valence-electron chi connectivity index (χ2n) is 23.7. The zero-order valence-corrected chi connectivity index (χ0v) is 56.5. The van der Waals surface area contributed by atoms with Crippen LogP contribution in [0.5, 0.6) is 34.5 Å². The third-order valence-corrected chi connectivity index (χ3v) is 16.0. The van der Waals surface area contributed by atoms with Crippen LogP contribution < -0.4 is 28.4 Å². The van der Waals surface area contributed by atoms with Gasteiger partial charge in [0.2, 0.25) is 0 Å². The first kappa shape index (κ1) is 77.2. The maximum atomic E-state index is 13.1. The van der Waals surface area contributed by atoms with E-state index in [4.69, 9.17) is 58.4 Å². The summed E-state index contributed by atoms with van der Waals surface area (Å²) >= 11 is 0. The monoisotopic (exact) mass is 1340 g/mol. The molecule has 18 nitrogen and oxygen atoms in total. The van der Waals surface area contributed by atoms with Crippen LogP contribution in [-0.4, -0.2) is 68.5 Å². The zero-order valence-electron chi connectivity index (χ0n) is 56.5. The Bertz CT molecular complexity index is 3510. The van der Waals surface area contributed by atoms with Crippen LogP contribution in [0.4, 0.5) is 0 Å². The van der Waals surface area contributed by atoms with E-state index in [0.29, 0.717) is 107 Å². The van der Waals surface area contributed by atoms with Crippen LogP contribution in [0.25, 0.3) is 16.7 Å². The molecule has 0 unspecified atom stereocenters. The minimum absolute atomic E-state index is 0.0267. The van der Waals surface area contributed by atoms with Gasteiger partial charge in [0.15, 0.2) is 0 Å². The molecule has 0 amide bonds. The number of carbonyl (C=O) groups is 6. The Kier molecular flexibility index (Phi) is 35.0. The second-order valence-corrected chi connectivity index (χ2v) is 23.7. The molecule has 0 bridgehead atoms. The molecule has 0 N–H and O–H groups in total. The minimum atomic E-state index is -1.18. The molecule has 0 saturated carbocycles. The molecular formula is C81H89N3O15. The lowest BCUT2D eigenvalue weighted by atomic mass is 10.1. The quantitative estimate of drug-likeness (QED) is 0.0113. The van der Waals surface area contributed by atoms with Gasteiger partial charge in [-0.3, -0.25) is 14.4 Å². The Balaban J connectivity index is 0.808. The van der Waals surface area contributed by atoms with Gasteiger partial charge in [0, 0.05) is 19.3 Å². The molecule has 99 heavy (non-hydrogen) atoms. The summed E-state index contributed by atoms with van der Waals surface area (Å²) in [5.74, 6) is -0.0729. The van der Waals surface area contributed by atoms with Gasteiger partial charge in [-0.05, 0) is 164 Å². The Morgan fingerprint density at radius 2 is 0.545 bits per heavy atom. The summed E-state index contributed by atoms with van der Waals surface area (Å²) in [6.07, 6.45) is 18.3. The average molecular weight is 1340 g/mol. The molecule has 0 saturated heterocycles. The molecule has 0 aliphatic heterocycles. The summed E-state index contributed by atoms with van der Waals surface area (Å²) in [4.78, 5) is 76.7. The molecule has 6 aromatic rings. The van der Waals surface area contributed by atoms with Crippen LogP contribution in [0.3, 0.4) is 0 Å². The van der Waals surface area contributed by atoms with E-state index in [0.717, 1.165) is 116 Å². The van der Waals surface area contributed by atoms with Gasteiger partial charge in [-0.1, -0.05) is 152 Å². The number of esters is 6. The topological polar surface area (TPSA) is 257 Å². The first-order valence-electron chi connectivity index (χ1n) is 34.2. The fraction of sp³-hybridized carbons (Fsp3) is 0.370. The van der Waals surface area contributed by atoms with Gasteiger partial charge in [-0.25, -0.2) is 14.4 Å². The van der Waals surface area contributed by atoms with Crippen molar-refractivity contribution in [2.24, 2.45) is 0 Å². The van der Waals surface area contributed by atoms with Crippen LogP contribution >= 0.6 is 0 Å². The summed E-state index contributed by atoms with van der Waals surface area (Å²) in [5.41, 5.74) is 3.82. The molecule has 0 aromatic heterocycles. The molecule has 0 aliphatic carbocycles. The Hall–Kier alpha value is -10.8. The lowest BCUT2D eigenvalue weighted by Gasteiger charge is -2.18. The summed E-state index contributed by atoms with van der Waals surface area (Å²) in [6.45, 7) is 13.2. The van der Waals surface area contributed by atoms with E-state index in [1.54, 1.807) is 146 Å². The van der Waals surface area contributed by atoms with Crippen molar-refractivity contribution < 1.29 is 71.4 Å². The van der Waals surface area contributed by atoms with Gasteiger partial charge < -0.3 is 42.6 Å². The summed E-state index contributed by atoms with van der Waals surface area (Å²) < 4.78 is 50.8. The largest absolute Gasteiger partial charge is 0.494 e. The third kappa shape index (κ3) is 30.5. The molecule has 0 atom stereocenters. The van der Waals surface area contributed by atoms with E-state index in [-0.39, 0.29) is 55.0 Å². The standard InChI is InChI=1S/C81H89N3O15/c1-60(79(88)95-72-40-28-63(57-82)29-41-72)66-34-46-69(47-35-66)91-53-22-16-10-4-7-13-19-25-75(85)94-56-52-78(98-76(86)26-20-14-8-5-11-17-23-54-92-70-48-36-67(37-49-70)61(2)80(89)96-73-42-30-64(58-83)31-43-73)99-77(87)27-21-15-9-6-12-18-24-55-93-71-50-38-68(39-51-71)62(3)81(90)97-74-44-32-65(59-84)33-45-74/h28-51,78H,1-27,52-56H2. The number of hydrogen-bond acceptors (Lipinski definition) is 18. The maximum Gasteiger partial charge on any atom is 0.343 e. The van der Waals surface area contributed by atoms with Crippen LogP contribution in [0, 0.1) is 34.0 Å². The van der Waals surface area contributed by atoms with Gasteiger partial charge in [0.25, 0.3) is 6.29 Å². The highest BCUT2D eigenvalue weighted by atomic mass is 16.7. The number of nitriles is 3. The van der Waals surface area contributed by atoms with E-state index < -0.39 is 36.1 Å². The van der Waals surface area contributed by atoms with E-state index >= 15 is 0 Å². The van der Waals surface area contributed by atoms with Crippen molar-refractivity contribution in [1.82, 2.24) is 0 Å². The highest BCUT2D eigenvalue weighted by molar-refractivity contribution is 6.17. The van der Waals surface area contributed by atoms with E-state index in [1.807, 2.05) is 18.2 Å². The zero-order chi connectivity index (χ0) is 70.7. The van der Waals surface area contributed by atoms with E-state index in [1.165, 1.54) is 0 Å². The number of unbranched alkanes of at least 4 members (excludes halogenated alkanes) is 18. The van der Waals surface area contributed by atoms with E-state index in [9.17, 15) is 28.8 Å². The van der Waals surface area contributed by atoms with Crippen molar-refractivity contribution in [1.29, 1.82) is 15.8 Å². The van der Waals surface area contributed by atoms with Crippen molar-refractivity contribution in [3.63, 3.8) is 0 Å². The number of carbonyl (C=O) groups excluding carboxylic acids is 6. The number of nitrogens with zero attached hydrogens (tertiary/aromatic N) is 3. The van der Waals surface area contributed by atoms with Gasteiger partial charge in [-0.15, -0.1) is 0 Å². The molecule has 6 aromatic carbocycles. The molecule has 6 rings (SSSR count). The normalized spacial score (nSPS) is 10.6. The molecule has 0 spiro atoms. The predicted octanol–water partition coefficient (Wildman–Crippen LogP) is 17.4.